The largest absolute Gasteiger partial charge is 0.472 e. The molecule has 1 amide bonds. The van der Waals surface area contributed by atoms with E-state index < -0.39 is 20.0 Å². The first-order chi connectivity index (χ1) is 41.9. The molecule has 0 rings (SSSR count). The van der Waals surface area contributed by atoms with E-state index in [2.05, 4.69) is 123 Å². The standard InChI is InChI=1S/C76H135N2O7P/c1-7-10-13-16-19-22-25-28-30-32-34-36-37-38-39-40-41-43-44-46-48-50-53-56-59-62-65-68-75(79)77-73(72-84-86(81,82)83-71-70-78(4,5)6)74(67-64-61-58-55-52-27-24-21-18-15-12-9-3)85-76(80)69-66-63-60-57-54-51-49-47-45-42-35-33-31-29-26-23-20-17-14-11-8-2/h11,14,19-20,22-23,28-31,34-36,42,47,49,64,67,73-74H,7-10,12-13,15-18,21,24-27,32-33,37-41,43-46,48,50-63,65-66,68-72H2,1-6H3,(H-,77,79,81,82)/p+1/b14-11-,22-19-,23-20-,30-28-,31-29-,36-34-,42-35-,49-47-,67-64-. The highest BCUT2D eigenvalue weighted by molar-refractivity contribution is 7.47. The van der Waals surface area contributed by atoms with E-state index in [1.807, 2.05) is 33.3 Å². The number of hydrogen-bond donors (Lipinski definition) is 2. The Morgan fingerprint density at radius 2 is 0.744 bits per heavy atom. The summed E-state index contributed by atoms with van der Waals surface area (Å²) in [5.74, 6) is -0.526. The Hall–Kier alpha value is -3.33. The molecule has 0 saturated carbocycles. The predicted octanol–water partition coefficient (Wildman–Crippen LogP) is 22.8. The Labute approximate surface area is 531 Å². The van der Waals surface area contributed by atoms with Crippen molar-refractivity contribution >= 4 is 19.7 Å². The van der Waals surface area contributed by atoms with Crippen LogP contribution < -0.4 is 5.32 Å². The van der Waals surface area contributed by atoms with E-state index >= 15 is 0 Å². The van der Waals surface area contributed by atoms with Gasteiger partial charge < -0.3 is 19.4 Å². The van der Waals surface area contributed by atoms with Crippen LogP contribution in [0, 0.1) is 0 Å². The lowest BCUT2D eigenvalue weighted by Crippen LogP contribution is -2.47. The molecule has 0 aromatic heterocycles. The van der Waals surface area contributed by atoms with Gasteiger partial charge in [0.05, 0.1) is 33.8 Å². The van der Waals surface area contributed by atoms with Gasteiger partial charge in [-0.3, -0.25) is 18.6 Å². The quantitative estimate of drug-likeness (QED) is 0.0205. The zero-order valence-electron chi connectivity index (χ0n) is 56.8. The highest BCUT2D eigenvalue weighted by atomic mass is 31.2. The molecule has 3 atom stereocenters. The van der Waals surface area contributed by atoms with Gasteiger partial charge >= 0.3 is 13.8 Å². The first kappa shape index (κ1) is 82.7. The molecule has 2 N–H and O–H groups in total. The molecule has 9 nitrogen and oxygen atoms in total. The van der Waals surface area contributed by atoms with Crippen molar-refractivity contribution in [2.24, 2.45) is 0 Å². The topological polar surface area (TPSA) is 111 Å². The Kier molecular flexibility index (Phi) is 62.1. The van der Waals surface area contributed by atoms with Crippen LogP contribution in [0.5, 0.6) is 0 Å². The molecule has 0 aliphatic heterocycles. The summed E-state index contributed by atoms with van der Waals surface area (Å²) in [5.41, 5.74) is 0. The lowest BCUT2D eigenvalue weighted by molar-refractivity contribution is -0.870. The van der Waals surface area contributed by atoms with Gasteiger partial charge in [0.2, 0.25) is 5.91 Å². The maximum absolute atomic E-state index is 13.6. The second-order valence-corrected chi connectivity index (χ2v) is 26.5. The number of quaternary nitrogens is 1. The number of unbranched alkanes of at least 4 members (excludes halogenated alkanes) is 32. The van der Waals surface area contributed by atoms with Gasteiger partial charge in [0.25, 0.3) is 0 Å². The SMILES string of the molecule is CC/C=C\C/C=C\C/C=C\C/C=C\C/C=C\CCCCCCCC(=O)OC(/C=C\CCCCCCCCCCCC)C(COP(=O)(O)OCC[N+](C)(C)C)NC(=O)CCCCCCCCCCCCCCCC/C=C\C/C=C\C/C=C\CCCCC. The number of carbonyl (C=O) groups excluding carboxylic acids is 2. The molecule has 0 bridgehead atoms. The third-order valence-corrected chi connectivity index (χ3v) is 16.4. The number of carbonyl (C=O) groups is 2. The van der Waals surface area contributed by atoms with E-state index in [1.165, 1.54) is 154 Å². The van der Waals surface area contributed by atoms with Crippen LogP contribution in [0.4, 0.5) is 0 Å². The van der Waals surface area contributed by atoms with E-state index in [0.29, 0.717) is 23.9 Å². The molecule has 496 valence electrons. The highest BCUT2D eigenvalue weighted by Gasteiger charge is 2.30. The number of likely N-dealkylation sites (N-methyl/N-ethyl adjacent to an activating group) is 1. The maximum Gasteiger partial charge on any atom is 0.472 e. The van der Waals surface area contributed by atoms with Crippen LogP contribution in [0.1, 0.15) is 310 Å². The van der Waals surface area contributed by atoms with Gasteiger partial charge in [-0.25, -0.2) is 4.57 Å². The summed E-state index contributed by atoms with van der Waals surface area (Å²) < 4.78 is 30.8. The van der Waals surface area contributed by atoms with Gasteiger partial charge in [-0.1, -0.05) is 291 Å². The summed E-state index contributed by atoms with van der Waals surface area (Å²) in [6.45, 7) is 6.87. The first-order valence-electron chi connectivity index (χ1n) is 35.7. The summed E-state index contributed by atoms with van der Waals surface area (Å²) in [7, 11) is 1.48. The van der Waals surface area contributed by atoms with Gasteiger partial charge in [0.1, 0.15) is 19.3 Å². The van der Waals surface area contributed by atoms with Gasteiger partial charge in [0, 0.05) is 12.8 Å². The average molecular weight is 1220 g/mol. The molecule has 0 saturated heterocycles. The van der Waals surface area contributed by atoms with E-state index in [9.17, 15) is 19.0 Å². The number of allylic oxidation sites excluding steroid dienone is 17. The molecule has 0 fully saturated rings. The summed E-state index contributed by atoms with van der Waals surface area (Å²) >= 11 is 0. The molecule has 0 heterocycles. The van der Waals surface area contributed by atoms with Crippen molar-refractivity contribution in [3.8, 4) is 0 Å². The summed E-state index contributed by atoms with van der Waals surface area (Å²) in [6.07, 6.45) is 89.6. The Morgan fingerprint density at radius 3 is 1.14 bits per heavy atom. The molecule has 0 aliphatic rings. The van der Waals surface area contributed by atoms with Crippen molar-refractivity contribution in [3.05, 3.63) is 109 Å². The molecule has 0 aliphatic carbocycles. The number of esters is 1. The van der Waals surface area contributed by atoms with E-state index in [-0.39, 0.29) is 31.5 Å². The van der Waals surface area contributed by atoms with E-state index in [1.54, 1.807) is 0 Å². The molecule has 0 radical (unpaired) electrons. The van der Waals surface area contributed by atoms with Gasteiger partial charge in [-0.2, -0.15) is 0 Å². The molecule has 3 unspecified atom stereocenters. The number of ether oxygens (including phenoxy) is 1. The zero-order valence-corrected chi connectivity index (χ0v) is 57.7. The molecule has 0 aromatic carbocycles. The fourth-order valence-electron chi connectivity index (χ4n) is 9.98. The van der Waals surface area contributed by atoms with Crippen molar-refractivity contribution in [1.29, 1.82) is 0 Å². The van der Waals surface area contributed by atoms with Crippen molar-refractivity contribution in [2.45, 2.75) is 322 Å². The van der Waals surface area contributed by atoms with Gasteiger partial charge in [-0.15, -0.1) is 0 Å². The van der Waals surface area contributed by atoms with Crippen molar-refractivity contribution in [3.63, 3.8) is 0 Å². The van der Waals surface area contributed by atoms with E-state index in [4.69, 9.17) is 13.8 Å². The van der Waals surface area contributed by atoms with Crippen LogP contribution in [0.2, 0.25) is 0 Å². The van der Waals surface area contributed by atoms with Gasteiger partial charge in [0.15, 0.2) is 0 Å². The average Bonchev–Trinajstić information content (AvgIpc) is 3.69. The molecular weight excluding hydrogens is 1080 g/mol. The second-order valence-electron chi connectivity index (χ2n) is 25.0. The van der Waals surface area contributed by atoms with Crippen LogP contribution in [-0.2, 0) is 27.9 Å². The molecule has 0 spiro atoms. The predicted molar refractivity (Wildman–Crippen MR) is 373 cm³/mol. The number of rotatable bonds is 64. The normalized spacial score (nSPS) is 14.2. The number of phosphoric acid groups is 1. The first-order valence-corrected chi connectivity index (χ1v) is 37.2. The smallest absolute Gasteiger partial charge is 0.456 e. The van der Waals surface area contributed by atoms with Crippen LogP contribution in [-0.4, -0.2) is 74.3 Å². The number of hydrogen-bond acceptors (Lipinski definition) is 6. The number of nitrogens with zero attached hydrogens (tertiary/aromatic N) is 1. The molecule has 10 heteroatoms. The number of nitrogens with one attached hydrogen (secondary N) is 1. The molecular formula is C76H136N2O7P+. The van der Waals surface area contributed by atoms with Crippen LogP contribution in [0.3, 0.4) is 0 Å². The van der Waals surface area contributed by atoms with Crippen molar-refractivity contribution in [1.82, 2.24) is 5.32 Å². The molecule has 86 heavy (non-hydrogen) atoms. The monoisotopic (exact) mass is 1220 g/mol. The molecule has 0 aromatic rings. The minimum atomic E-state index is -4.47. The van der Waals surface area contributed by atoms with E-state index in [0.717, 1.165) is 116 Å². The minimum Gasteiger partial charge on any atom is -0.456 e. The maximum atomic E-state index is 13.6. The lowest BCUT2D eigenvalue weighted by atomic mass is 10.0. The van der Waals surface area contributed by atoms with Crippen molar-refractivity contribution < 1.29 is 37.3 Å². The second kappa shape index (κ2) is 64.6. The Balaban J connectivity index is 5.08. The third kappa shape index (κ3) is 65.1. The number of amides is 1. The minimum absolute atomic E-state index is 0.0324. The van der Waals surface area contributed by atoms with Crippen molar-refractivity contribution in [2.75, 3.05) is 40.9 Å². The summed E-state index contributed by atoms with van der Waals surface area (Å²) in [5, 5.41) is 3.07. The lowest BCUT2D eigenvalue weighted by Gasteiger charge is -2.27. The van der Waals surface area contributed by atoms with Gasteiger partial charge in [-0.05, 0) is 115 Å². The third-order valence-electron chi connectivity index (χ3n) is 15.4. The zero-order chi connectivity index (χ0) is 62.8. The van der Waals surface area contributed by atoms with Crippen LogP contribution >= 0.6 is 7.82 Å². The van der Waals surface area contributed by atoms with Crippen LogP contribution in [0.25, 0.3) is 0 Å². The fourth-order valence-corrected chi connectivity index (χ4v) is 10.7. The summed E-state index contributed by atoms with van der Waals surface area (Å²) in [4.78, 5) is 37.9. The Morgan fingerprint density at radius 1 is 0.419 bits per heavy atom. The van der Waals surface area contributed by atoms with Crippen LogP contribution in [0.15, 0.2) is 109 Å². The highest BCUT2D eigenvalue weighted by Crippen LogP contribution is 2.43. The Bertz CT molecular complexity index is 1840. The fraction of sp³-hybridized carbons (Fsp3) is 0.737. The summed E-state index contributed by atoms with van der Waals surface area (Å²) in [6, 6.07) is -0.864. The number of phosphoric ester groups is 1.